The first-order valence-corrected chi connectivity index (χ1v) is 11.4. The van der Waals surface area contributed by atoms with E-state index in [1.165, 1.54) is 16.2 Å². The van der Waals surface area contributed by atoms with E-state index in [1.54, 1.807) is 6.92 Å². The highest BCUT2D eigenvalue weighted by atomic mass is 32.1. The van der Waals surface area contributed by atoms with Crippen molar-refractivity contribution in [3.8, 4) is 11.1 Å². The maximum atomic E-state index is 12.8. The summed E-state index contributed by atoms with van der Waals surface area (Å²) in [5.41, 5.74) is 2.93. The molecule has 1 atom stereocenters. The van der Waals surface area contributed by atoms with Crippen LogP contribution in [0.4, 0.5) is 9.80 Å². The summed E-state index contributed by atoms with van der Waals surface area (Å²) in [6.07, 6.45) is 1.42. The number of rotatable bonds is 6. The number of nitrogens with zero attached hydrogens (tertiary/aromatic N) is 2. The van der Waals surface area contributed by atoms with Crippen LogP contribution in [0.3, 0.4) is 0 Å². The summed E-state index contributed by atoms with van der Waals surface area (Å²) in [4.78, 5) is 54.0. The van der Waals surface area contributed by atoms with Gasteiger partial charge in [-0.2, -0.15) is 0 Å². The van der Waals surface area contributed by atoms with Crippen LogP contribution in [0.1, 0.15) is 40.6 Å². The minimum absolute atomic E-state index is 0.197. The molecule has 0 spiro atoms. The quantitative estimate of drug-likeness (QED) is 0.531. The number of nitrogens with one attached hydrogen (secondary N) is 1. The van der Waals surface area contributed by atoms with Gasteiger partial charge < -0.3 is 15.0 Å². The predicted molar refractivity (Wildman–Crippen MR) is 121 cm³/mol. The summed E-state index contributed by atoms with van der Waals surface area (Å²) < 4.78 is 5.26. The second-order valence-corrected chi connectivity index (χ2v) is 9.16. The minimum Gasteiger partial charge on any atom is -0.462 e. The number of hydrogen-bond acceptors (Lipinski definition) is 6. The van der Waals surface area contributed by atoms with Crippen LogP contribution in [-0.4, -0.2) is 59.4 Å². The van der Waals surface area contributed by atoms with Gasteiger partial charge in [0, 0.05) is 17.0 Å². The molecule has 3 heterocycles. The Kier molecular flexibility index (Phi) is 6.01. The molecule has 0 saturated carbocycles. The Labute approximate surface area is 190 Å². The lowest BCUT2D eigenvalue weighted by atomic mass is 10.0. The standard InChI is InChI=1S/C23H25N3O5S/c1-4-31-22(29)19-18(15-9-7-13(2)8-10-15)14(3)32-20(19)24-17(27)12-26-21(28)16-6-5-11-25(16)23(26)30/h7-10,16H,4-6,11-12H2,1-3H3,(H,24,27). The monoisotopic (exact) mass is 455 g/mol. The first kappa shape index (κ1) is 22.0. The van der Waals surface area contributed by atoms with E-state index in [2.05, 4.69) is 5.32 Å². The summed E-state index contributed by atoms with van der Waals surface area (Å²) in [6, 6.07) is 6.87. The molecule has 0 radical (unpaired) electrons. The van der Waals surface area contributed by atoms with Crippen LogP contribution in [-0.2, 0) is 14.3 Å². The molecule has 9 heteroatoms. The average molecular weight is 456 g/mol. The van der Waals surface area contributed by atoms with Crippen molar-refractivity contribution in [2.24, 2.45) is 0 Å². The molecule has 168 valence electrons. The third-order valence-electron chi connectivity index (χ3n) is 5.74. The molecule has 0 bridgehead atoms. The number of fused-ring (bicyclic) bond motifs is 1. The number of hydrogen-bond donors (Lipinski definition) is 1. The Morgan fingerprint density at radius 1 is 1.19 bits per heavy atom. The number of ether oxygens (including phenoxy) is 1. The Morgan fingerprint density at radius 3 is 2.56 bits per heavy atom. The van der Waals surface area contributed by atoms with Gasteiger partial charge in [0.25, 0.3) is 5.91 Å². The Hall–Kier alpha value is -3.20. The van der Waals surface area contributed by atoms with Crippen molar-refractivity contribution >= 4 is 40.2 Å². The predicted octanol–water partition coefficient (Wildman–Crippen LogP) is 3.57. The lowest BCUT2D eigenvalue weighted by Crippen LogP contribution is -2.39. The number of esters is 1. The molecule has 2 aromatic rings. The molecule has 1 N–H and O–H groups in total. The van der Waals surface area contributed by atoms with E-state index in [4.69, 9.17) is 4.74 Å². The summed E-state index contributed by atoms with van der Waals surface area (Å²) >= 11 is 1.27. The number of benzene rings is 1. The van der Waals surface area contributed by atoms with Crippen LogP contribution in [0.5, 0.6) is 0 Å². The second kappa shape index (κ2) is 8.74. The van der Waals surface area contributed by atoms with E-state index in [-0.39, 0.29) is 24.6 Å². The molecular weight excluding hydrogens is 430 g/mol. The molecule has 4 amide bonds. The molecule has 2 fully saturated rings. The van der Waals surface area contributed by atoms with E-state index in [0.717, 1.165) is 27.3 Å². The molecule has 0 aliphatic carbocycles. The fourth-order valence-electron chi connectivity index (χ4n) is 4.24. The molecular formula is C23H25N3O5S. The number of anilines is 1. The highest BCUT2D eigenvalue weighted by molar-refractivity contribution is 7.17. The van der Waals surface area contributed by atoms with Gasteiger partial charge in [-0.1, -0.05) is 29.8 Å². The number of thiophene rings is 1. The van der Waals surface area contributed by atoms with Crippen LogP contribution in [0.15, 0.2) is 24.3 Å². The van der Waals surface area contributed by atoms with Crippen LogP contribution >= 0.6 is 11.3 Å². The highest BCUT2D eigenvalue weighted by Gasteiger charge is 2.47. The van der Waals surface area contributed by atoms with E-state index >= 15 is 0 Å². The van der Waals surface area contributed by atoms with Gasteiger partial charge in [-0.25, -0.2) is 9.59 Å². The van der Waals surface area contributed by atoms with Gasteiger partial charge >= 0.3 is 12.0 Å². The zero-order valence-corrected chi connectivity index (χ0v) is 19.1. The lowest BCUT2D eigenvalue weighted by molar-refractivity contribution is -0.131. The maximum absolute atomic E-state index is 12.8. The van der Waals surface area contributed by atoms with Gasteiger partial charge in [0.2, 0.25) is 5.91 Å². The van der Waals surface area contributed by atoms with Gasteiger partial charge in [-0.3, -0.25) is 14.5 Å². The van der Waals surface area contributed by atoms with Gasteiger partial charge in [-0.15, -0.1) is 11.3 Å². The second-order valence-electron chi connectivity index (χ2n) is 7.93. The zero-order chi connectivity index (χ0) is 23.0. The SMILES string of the molecule is CCOC(=O)c1c(NC(=O)CN2C(=O)C3CCCN3C2=O)sc(C)c1-c1ccc(C)cc1. The molecule has 4 rings (SSSR count). The minimum atomic E-state index is -0.532. The Balaban J connectivity index is 1.60. The maximum Gasteiger partial charge on any atom is 0.341 e. The van der Waals surface area contributed by atoms with Crippen LogP contribution in [0.25, 0.3) is 11.1 Å². The Bertz CT molecular complexity index is 1070. The molecule has 32 heavy (non-hydrogen) atoms. The van der Waals surface area contributed by atoms with Gasteiger partial charge in [-0.05, 0) is 39.2 Å². The summed E-state index contributed by atoms with van der Waals surface area (Å²) in [6.45, 7) is 5.92. The normalized spacial score (nSPS) is 17.7. The zero-order valence-electron chi connectivity index (χ0n) is 18.3. The molecule has 2 aliphatic heterocycles. The van der Waals surface area contributed by atoms with E-state index < -0.39 is 23.9 Å². The summed E-state index contributed by atoms with van der Waals surface area (Å²) in [5.74, 6) is -1.40. The first-order valence-electron chi connectivity index (χ1n) is 10.6. The van der Waals surface area contributed by atoms with Gasteiger partial charge in [0.1, 0.15) is 23.2 Å². The molecule has 1 unspecified atom stereocenters. The van der Waals surface area contributed by atoms with Gasteiger partial charge in [0.15, 0.2) is 0 Å². The number of amides is 4. The fourth-order valence-corrected chi connectivity index (χ4v) is 5.32. The van der Waals surface area contributed by atoms with Crippen molar-refractivity contribution in [3.63, 3.8) is 0 Å². The Morgan fingerprint density at radius 2 is 1.91 bits per heavy atom. The van der Waals surface area contributed by atoms with E-state index in [0.29, 0.717) is 23.5 Å². The molecule has 2 aliphatic rings. The van der Waals surface area contributed by atoms with Crippen molar-refractivity contribution in [2.75, 3.05) is 25.0 Å². The van der Waals surface area contributed by atoms with E-state index in [9.17, 15) is 19.2 Å². The van der Waals surface area contributed by atoms with Crippen molar-refractivity contribution in [1.29, 1.82) is 0 Å². The number of carbonyl (C=O) groups excluding carboxylic acids is 4. The molecule has 1 aromatic heterocycles. The first-order chi connectivity index (χ1) is 15.3. The average Bonchev–Trinajstić information content (AvgIpc) is 3.41. The summed E-state index contributed by atoms with van der Waals surface area (Å²) in [7, 11) is 0. The third kappa shape index (κ3) is 3.88. The molecule has 1 aromatic carbocycles. The molecule has 8 nitrogen and oxygen atoms in total. The highest BCUT2D eigenvalue weighted by Crippen LogP contribution is 2.40. The largest absolute Gasteiger partial charge is 0.462 e. The van der Waals surface area contributed by atoms with Crippen molar-refractivity contribution in [3.05, 3.63) is 40.3 Å². The third-order valence-corrected chi connectivity index (χ3v) is 6.76. The summed E-state index contributed by atoms with van der Waals surface area (Å²) in [5, 5.41) is 3.09. The smallest absolute Gasteiger partial charge is 0.341 e. The van der Waals surface area contributed by atoms with Crippen molar-refractivity contribution in [1.82, 2.24) is 9.80 Å². The molecule has 2 saturated heterocycles. The number of imide groups is 1. The number of urea groups is 1. The number of aryl methyl sites for hydroxylation is 2. The van der Waals surface area contributed by atoms with Crippen LogP contribution in [0, 0.1) is 13.8 Å². The topological polar surface area (TPSA) is 96.0 Å². The number of carbonyl (C=O) groups is 4. The lowest BCUT2D eigenvalue weighted by Gasteiger charge is -2.15. The van der Waals surface area contributed by atoms with Gasteiger partial charge in [0.05, 0.1) is 6.61 Å². The van der Waals surface area contributed by atoms with Crippen molar-refractivity contribution in [2.45, 2.75) is 39.7 Å². The van der Waals surface area contributed by atoms with E-state index in [1.807, 2.05) is 38.1 Å². The fraction of sp³-hybridized carbons (Fsp3) is 0.391. The van der Waals surface area contributed by atoms with Crippen LogP contribution < -0.4 is 5.32 Å². The van der Waals surface area contributed by atoms with Crippen molar-refractivity contribution < 1.29 is 23.9 Å². The van der Waals surface area contributed by atoms with Crippen LogP contribution in [0.2, 0.25) is 0 Å².